The zero-order valence-corrected chi connectivity index (χ0v) is 34.3. The van der Waals surface area contributed by atoms with E-state index in [1.54, 1.807) is 0 Å². The zero-order valence-electron chi connectivity index (χ0n) is 34.3. The fraction of sp³-hybridized carbons (Fsp3) is 0.0164. The number of hydrogen-bond donors (Lipinski definition) is 0. The first kappa shape index (κ1) is 37.0. The Labute approximate surface area is 364 Å². The fourth-order valence-electron chi connectivity index (χ4n) is 9.62. The summed E-state index contributed by atoms with van der Waals surface area (Å²) in [5.74, 6) is 0. The third-order valence-corrected chi connectivity index (χ3v) is 12.6. The Bertz CT molecular complexity index is 3070. The third-order valence-electron chi connectivity index (χ3n) is 12.6. The number of hydrogen-bond acceptors (Lipinski definition) is 1. The normalized spacial score (nSPS) is 12.3. The van der Waals surface area contributed by atoms with E-state index in [0.29, 0.717) is 0 Å². The minimum Gasteiger partial charge on any atom is -0.311 e. The van der Waals surface area contributed by atoms with Crippen LogP contribution in [0.1, 0.15) is 22.3 Å². The summed E-state index contributed by atoms with van der Waals surface area (Å²) in [5.41, 5.74) is 20.2. The highest BCUT2D eigenvalue weighted by molar-refractivity contribution is 5.87. The van der Waals surface area contributed by atoms with E-state index in [9.17, 15) is 0 Å². The van der Waals surface area contributed by atoms with Gasteiger partial charge in [-0.3, -0.25) is 0 Å². The van der Waals surface area contributed by atoms with Crippen molar-refractivity contribution in [3.05, 3.63) is 283 Å². The Morgan fingerprint density at radius 2 is 0.532 bits per heavy atom. The lowest BCUT2D eigenvalue weighted by Crippen LogP contribution is -2.28. The molecule has 1 aliphatic carbocycles. The van der Waals surface area contributed by atoms with Gasteiger partial charge < -0.3 is 4.90 Å². The first-order valence-electron chi connectivity index (χ1n) is 21.4. The molecule has 0 atom stereocenters. The van der Waals surface area contributed by atoms with Gasteiger partial charge in [0.05, 0.1) is 5.41 Å². The van der Waals surface area contributed by atoms with E-state index in [1.807, 2.05) is 0 Å². The van der Waals surface area contributed by atoms with Crippen LogP contribution in [0.3, 0.4) is 0 Å². The van der Waals surface area contributed by atoms with Crippen LogP contribution in [0.25, 0.3) is 55.6 Å². The van der Waals surface area contributed by atoms with Crippen molar-refractivity contribution in [2.24, 2.45) is 0 Å². The van der Waals surface area contributed by atoms with Gasteiger partial charge in [-0.1, -0.05) is 218 Å². The second-order valence-corrected chi connectivity index (χ2v) is 16.1. The van der Waals surface area contributed by atoms with E-state index in [1.165, 1.54) is 77.9 Å². The molecule has 0 radical (unpaired) electrons. The highest BCUT2D eigenvalue weighted by Gasteiger charge is 2.45. The van der Waals surface area contributed by atoms with Crippen LogP contribution in [-0.4, -0.2) is 0 Å². The average molecular weight is 790 g/mol. The molecule has 0 unspecified atom stereocenters. The lowest BCUT2D eigenvalue weighted by Gasteiger charge is -2.34. The minimum absolute atomic E-state index is 0.453. The average Bonchev–Trinajstić information content (AvgIpc) is 3.67. The Morgan fingerprint density at radius 1 is 0.226 bits per heavy atom. The monoisotopic (exact) mass is 789 g/mol. The van der Waals surface area contributed by atoms with Crippen LogP contribution < -0.4 is 4.90 Å². The second kappa shape index (κ2) is 15.9. The van der Waals surface area contributed by atoms with Gasteiger partial charge in [-0.25, -0.2) is 0 Å². The molecule has 0 N–H and O–H groups in total. The van der Waals surface area contributed by atoms with Crippen molar-refractivity contribution in [1.82, 2.24) is 0 Å². The molecule has 0 amide bonds. The Kier molecular flexibility index (Phi) is 9.48. The predicted molar refractivity (Wildman–Crippen MR) is 260 cm³/mol. The van der Waals surface area contributed by atoms with Gasteiger partial charge in [0, 0.05) is 17.1 Å². The maximum absolute atomic E-state index is 2.38. The molecule has 0 saturated heterocycles. The van der Waals surface area contributed by atoms with E-state index in [2.05, 4.69) is 266 Å². The smallest absolute Gasteiger partial charge is 0.0713 e. The largest absolute Gasteiger partial charge is 0.311 e. The number of fused-ring (bicyclic) bond motifs is 3. The maximum atomic E-state index is 2.38. The standard InChI is InChI=1S/C61H43N/c1-4-15-44(16-5-1)46-27-29-47(30-28-46)48-31-37-54(38-32-48)62(55-39-33-49(34-40-55)51-20-14-19-50(43-51)45-17-6-2-7-18-45)56-41-35-53(36-42-56)61(52-21-8-3-9-22-52)59-25-12-10-23-57(59)58-24-11-13-26-60(58)61/h1-43H. The molecule has 0 spiro atoms. The molecule has 0 aliphatic heterocycles. The molecule has 10 aromatic carbocycles. The van der Waals surface area contributed by atoms with Crippen LogP contribution in [0, 0.1) is 0 Å². The highest BCUT2D eigenvalue weighted by atomic mass is 15.1. The lowest BCUT2D eigenvalue weighted by atomic mass is 9.68. The van der Waals surface area contributed by atoms with Crippen LogP contribution >= 0.6 is 0 Å². The molecule has 0 heterocycles. The second-order valence-electron chi connectivity index (χ2n) is 16.1. The van der Waals surface area contributed by atoms with E-state index >= 15 is 0 Å². The SMILES string of the molecule is c1ccc(-c2ccc(-c3ccc(N(c4ccc(-c5cccc(-c6ccccc6)c5)cc4)c4ccc(C5(c6ccccc6)c6ccccc6-c6ccccc65)cc4)cc3)cc2)cc1. The van der Waals surface area contributed by atoms with Gasteiger partial charge >= 0.3 is 0 Å². The summed E-state index contributed by atoms with van der Waals surface area (Å²) >= 11 is 0. The van der Waals surface area contributed by atoms with Gasteiger partial charge in [-0.2, -0.15) is 0 Å². The van der Waals surface area contributed by atoms with Gasteiger partial charge in [0.1, 0.15) is 0 Å². The summed E-state index contributed by atoms with van der Waals surface area (Å²) in [5, 5.41) is 0. The lowest BCUT2D eigenvalue weighted by molar-refractivity contribution is 0.768. The molecule has 0 bridgehead atoms. The summed E-state index contributed by atoms with van der Waals surface area (Å²) in [6.07, 6.45) is 0. The van der Waals surface area contributed by atoms with E-state index in [0.717, 1.165) is 17.1 Å². The summed E-state index contributed by atoms with van der Waals surface area (Å²) in [6, 6.07) is 95.0. The Hall–Kier alpha value is -8.00. The number of rotatable bonds is 9. The van der Waals surface area contributed by atoms with E-state index < -0.39 is 5.41 Å². The van der Waals surface area contributed by atoms with Gasteiger partial charge in [0.25, 0.3) is 0 Å². The summed E-state index contributed by atoms with van der Waals surface area (Å²) < 4.78 is 0. The van der Waals surface area contributed by atoms with Gasteiger partial charge in [-0.05, 0) is 120 Å². The van der Waals surface area contributed by atoms with Crippen LogP contribution in [0.4, 0.5) is 17.1 Å². The van der Waals surface area contributed by atoms with Crippen molar-refractivity contribution < 1.29 is 0 Å². The van der Waals surface area contributed by atoms with Gasteiger partial charge in [0.2, 0.25) is 0 Å². The molecule has 0 saturated carbocycles. The molecule has 292 valence electrons. The number of benzene rings is 10. The van der Waals surface area contributed by atoms with Crippen molar-refractivity contribution in [1.29, 1.82) is 0 Å². The van der Waals surface area contributed by atoms with Crippen LogP contribution in [0.5, 0.6) is 0 Å². The van der Waals surface area contributed by atoms with Crippen molar-refractivity contribution in [2.75, 3.05) is 4.90 Å². The quantitative estimate of drug-likeness (QED) is 0.141. The topological polar surface area (TPSA) is 3.24 Å². The molecular weight excluding hydrogens is 747 g/mol. The third kappa shape index (κ3) is 6.52. The van der Waals surface area contributed by atoms with Crippen LogP contribution in [0.2, 0.25) is 0 Å². The van der Waals surface area contributed by atoms with Crippen LogP contribution in [0.15, 0.2) is 261 Å². The summed E-state index contributed by atoms with van der Waals surface area (Å²) in [4.78, 5) is 2.38. The molecule has 1 aliphatic rings. The van der Waals surface area contributed by atoms with E-state index in [-0.39, 0.29) is 0 Å². The first-order chi connectivity index (χ1) is 30.7. The summed E-state index contributed by atoms with van der Waals surface area (Å²) in [7, 11) is 0. The fourth-order valence-corrected chi connectivity index (χ4v) is 9.62. The highest BCUT2D eigenvalue weighted by Crippen LogP contribution is 2.56. The predicted octanol–water partition coefficient (Wildman–Crippen LogP) is 16.2. The zero-order chi connectivity index (χ0) is 41.3. The first-order valence-corrected chi connectivity index (χ1v) is 21.4. The molecule has 10 aromatic rings. The van der Waals surface area contributed by atoms with Crippen molar-refractivity contribution >= 4 is 17.1 Å². The van der Waals surface area contributed by atoms with Crippen molar-refractivity contribution in [2.45, 2.75) is 5.41 Å². The molecule has 1 heteroatoms. The van der Waals surface area contributed by atoms with Gasteiger partial charge in [-0.15, -0.1) is 0 Å². The van der Waals surface area contributed by atoms with Gasteiger partial charge in [0.15, 0.2) is 0 Å². The minimum atomic E-state index is -0.453. The number of anilines is 3. The molecular formula is C61H43N. The Balaban J connectivity index is 0.997. The maximum Gasteiger partial charge on any atom is 0.0713 e. The van der Waals surface area contributed by atoms with Crippen LogP contribution in [-0.2, 0) is 5.41 Å². The molecule has 62 heavy (non-hydrogen) atoms. The molecule has 0 fully saturated rings. The summed E-state index contributed by atoms with van der Waals surface area (Å²) in [6.45, 7) is 0. The molecule has 0 aromatic heterocycles. The van der Waals surface area contributed by atoms with Crippen molar-refractivity contribution in [3.63, 3.8) is 0 Å². The van der Waals surface area contributed by atoms with E-state index in [4.69, 9.17) is 0 Å². The molecule has 1 nitrogen and oxygen atoms in total. The Morgan fingerprint density at radius 3 is 1.00 bits per heavy atom. The number of nitrogens with zero attached hydrogens (tertiary/aromatic N) is 1. The molecule has 11 rings (SSSR count). The van der Waals surface area contributed by atoms with Crippen molar-refractivity contribution in [3.8, 4) is 55.6 Å².